The Morgan fingerprint density at radius 2 is 2.26 bits per heavy atom. The van der Waals surface area contributed by atoms with Crippen LogP contribution in [0.1, 0.15) is 5.56 Å². The number of nitrogens with zero attached hydrogens (tertiary/aromatic N) is 4. The molecule has 2 saturated heterocycles. The van der Waals surface area contributed by atoms with Crippen LogP contribution in [0.25, 0.3) is 0 Å². The normalized spacial score (nSPS) is 28.3. The fraction of sp³-hybridized carbons (Fsp3) is 0.435. The van der Waals surface area contributed by atoms with Crippen molar-refractivity contribution in [2.24, 2.45) is 11.8 Å². The molecule has 4 atom stereocenters. The van der Waals surface area contributed by atoms with Gasteiger partial charge in [-0.1, -0.05) is 24.3 Å². The summed E-state index contributed by atoms with van der Waals surface area (Å²) >= 11 is 0. The van der Waals surface area contributed by atoms with Crippen LogP contribution in [0.3, 0.4) is 0 Å². The van der Waals surface area contributed by atoms with Gasteiger partial charge in [0.15, 0.2) is 0 Å². The van der Waals surface area contributed by atoms with Gasteiger partial charge < -0.3 is 19.3 Å². The summed E-state index contributed by atoms with van der Waals surface area (Å²) in [7, 11) is 3.40. The van der Waals surface area contributed by atoms with E-state index in [4.69, 9.17) is 9.47 Å². The molecule has 2 bridgehead atoms. The second-order valence-corrected chi connectivity index (χ2v) is 8.47. The van der Waals surface area contributed by atoms with E-state index in [9.17, 15) is 9.59 Å². The van der Waals surface area contributed by atoms with Crippen LogP contribution in [0.5, 0.6) is 5.75 Å². The standard InChI is InChI=1S/C23H26N4O4/c1-25(11-12-27-10-4-9-24-27)21(28)19-18-7-8-23(31-18)15-26(22(29)20(19)23)14-16-5-3-6-17(13-16)30-2/h3-10,13,18-20H,11-12,14-15H2,1-2H3/t18-,19+,20+,23-/m0/s1. The highest BCUT2D eigenvalue weighted by molar-refractivity contribution is 5.93. The number of likely N-dealkylation sites (tertiary alicyclic amines) is 1. The zero-order chi connectivity index (χ0) is 21.6. The number of hydrogen-bond acceptors (Lipinski definition) is 5. The smallest absolute Gasteiger partial charge is 0.230 e. The molecule has 162 valence electrons. The molecule has 0 N–H and O–H groups in total. The number of amides is 2. The average molecular weight is 422 g/mol. The van der Waals surface area contributed by atoms with Crippen LogP contribution in [0, 0.1) is 11.8 Å². The molecule has 2 fully saturated rings. The Morgan fingerprint density at radius 3 is 3.03 bits per heavy atom. The maximum absolute atomic E-state index is 13.4. The van der Waals surface area contributed by atoms with E-state index in [1.54, 1.807) is 34.8 Å². The topological polar surface area (TPSA) is 76.9 Å². The van der Waals surface area contributed by atoms with Crippen LogP contribution >= 0.6 is 0 Å². The van der Waals surface area contributed by atoms with Crippen LogP contribution in [0.15, 0.2) is 54.9 Å². The molecular weight excluding hydrogens is 396 g/mol. The highest BCUT2D eigenvalue weighted by Gasteiger charge is 2.67. The fourth-order valence-electron chi connectivity index (χ4n) is 5.04. The van der Waals surface area contributed by atoms with Gasteiger partial charge in [0.25, 0.3) is 0 Å². The molecule has 0 radical (unpaired) electrons. The van der Waals surface area contributed by atoms with Crippen molar-refractivity contribution in [3.8, 4) is 5.75 Å². The van der Waals surface area contributed by atoms with Crippen molar-refractivity contribution in [2.75, 3.05) is 27.2 Å². The van der Waals surface area contributed by atoms with Crippen molar-refractivity contribution in [2.45, 2.75) is 24.8 Å². The summed E-state index contributed by atoms with van der Waals surface area (Å²) in [5, 5.41) is 4.18. The lowest BCUT2D eigenvalue weighted by atomic mass is 9.76. The van der Waals surface area contributed by atoms with E-state index in [1.165, 1.54) is 0 Å². The first-order valence-corrected chi connectivity index (χ1v) is 10.5. The van der Waals surface area contributed by atoms with Gasteiger partial charge in [0.05, 0.1) is 38.1 Å². The number of aromatic nitrogens is 2. The zero-order valence-corrected chi connectivity index (χ0v) is 17.7. The molecule has 1 aromatic carbocycles. The number of ether oxygens (including phenoxy) is 2. The quantitative estimate of drug-likeness (QED) is 0.630. The summed E-state index contributed by atoms with van der Waals surface area (Å²) in [5.74, 6) is -0.284. The molecule has 4 heterocycles. The van der Waals surface area contributed by atoms with E-state index in [0.717, 1.165) is 11.3 Å². The van der Waals surface area contributed by atoms with E-state index in [2.05, 4.69) is 5.10 Å². The third-order valence-electron chi connectivity index (χ3n) is 6.57. The van der Waals surface area contributed by atoms with Crippen LogP contribution in [-0.4, -0.2) is 70.3 Å². The van der Waals surface area contributed by atoms with Crippen molar-refractivity contribution in [3.05, 3.63) is 60.4 Å². The highest BCUT2D eigenvalue weighted by atomic mass is 16.5. The SMILES string of the molecule is COc1cccc(CN2C[C@]34C=C[C@H](O3)[C@@H](C(=O)N(C)CCn3cccn3)[C@@H]4C2=O)c1. The van der Waals surface area contributed by atoms with E-state index < -0.39 is 17.4 Å². The minimum absolute atomic E-state index is 0.0199. The first-order valence-electron chi connectivity index (χ1n) is 10.5. The van der Waals surface area contributed by atoms with Crippen LogP contribution in [0.4, 0.5) is 0 Å². The van der Waals surface area contributed by atoms with Gasteiger partial charge in [-0.25, -0.2) is 0 Å². The van der Waals surface area contributed by atoms with Crippen LogP contribution in [-0.2, 0) is 27.4 Å². The van der Waals surface area contributed by atoms with E-state index >= 15 is 0 Å². The monoisotopic (exact) mass is 422 g/mol. The molecular formula is C23H26N4O4. The predicted molar refractivity (Wildman–Crippen MR) is 112 cm³/mol. The molecule has 2 aromatic rings. The Hall–Kier alpha value is -3.13. The Kier molecular flexibility index (Phi) is 4.81. The van der Waals surface area contributed by atoms with Gasteiger partial charge in [0, 0.05) is 32.5 Å². The lowest BCUT2D eigenvalue weighted by Crippen LogP contribution is -2.45. The van der Waals surface area contributed by atoms with Crippen molar-refractivity contribution >= 4 is 11.8 Å². The van der Waals surface area contributed by atoms with Crippen LogP contribution < -0.4 is 4.74 Å². The van der Waals surface area contributed by atoms with Gasteiger partial charge in [0.1, 0.15) is 11.4 Å². The molecule has 3 aliphatic heterocycles. The first-order chi connectivity index (χ1) is 15.0. The fourth-order valence-corrected chi connectivity index (χ4v) is 5.04. The van der Waals surface area contributed by atoms with Gasteiger partial charge >= 0.3 is 0 Å². The number of hydrogen-bond donors (Lipinski definition) is 0. The third kappa shape index (κ3) is 3.31. The number of rotatable bonds is 7. The van der Waals surface area contributed by atoms with Crippen LogP contribution in [0.2, 0.25) is 0 Å². The second-order valence-electron chi connectivity index (χ2n) is 8.47. The number of carbonyl (C=O) groups is 2. The molecule has 5 rings (SSSR count). The molecule has 31 heavy (non-hydrogen) atoms. The van der Waals surface area contributed by atoms with Crippen molar-refractivity contribution in [1.82, 2.24) is 19.6 Å². The lowest BCUT2D eigenvalue weighted by Gasteiger charge is -2.27. The van der Waals surface area contributed by atoms with E-state index in [-0.39, 0.29) is 17.9 Å². The van der Waals surface area contributed by atoms with Gasteiger partial charge in [-0.15, -0.1) is 0 Å². The maximum Gasteiger partial charge on any atom is 0.230 e. The Bertz CT molecular complexity index is 1020. The minimum Gasteiger partial charge on any atom is -0.497 e. The Balaban J connectivity index is 1.32. The molecule has 8 heteroatoms. The summed E-state index contributed by atoms with van der Waals surface area (Å²) in [4.78, 5) is 30.2. The zero-order valence-electron chi connectivity index (χ0n) is 17.7. The van der Waals surface area contributed by atoms with Crippen molar-refractivity contribution in [3.63, 3.8) is 0 Å². The summed E-state index contributed by atoms with van der Waals surface area (Å²) in [5.41, 5.74) is 0.283. The number of likely N-dealkylation sites (N-methyl/N-ethyl adjacent to an activating group) is 1. The molecule has 0 aliphatic carbocycles. The van der Waals surface area contributed by atoms with E-state index in [1.807, 2.05) is 48.7 Å². The number of methoxy groups -OCH3 is 1. The minimum atomic E-state index is -0.705. The third-order valence-corrected chi connectivity index (χ3v) is 6.57. The molecule has 3 aliphatic rings. The molecule has 2 amide bonds. The van der Waals surface area contributed by atoms with Gasteiger partial charge in [0.2, 0.25) is 11.8 Å². The highest BCUT2D eigenvalue weighted by Crippen LogP contribution is 2.52. The van der Waals surface area contributed by atoms with Gasteiger partial charge in [-0.05, 0) is 23.8 Å². The molecule has 0 saturated carbocycles. The van der Waals surface area contributed by atoms with Crippen molar-refractivity contribution < 1.29 is 19.1 Å². The average Bonchev–Trinajstić information content (AvgIpc) is 3.55. The Labute approximate surface area is 181 Å². The summed E-state index contributed by atoms with van der Waals surface area (Å²) < 4.78 is 13.3. The predicted octanol–water partition coefficient (Wildman–Crippen LogP) is 1.33. The largest absolute Gasteiger partial charge is 0.497 e. The summed E-state index contributed by atoms with van der Waals surface area (Å²) in [6.07, 6.45) is 7.18. The molecule has 8 nitrogen and oxygen atoms in total. The number of benzene rings is 1. The van der Waals surface area contributed by atoms with Crippen molar-refractivity contribution in [1.29, 1.82) is 0 Å². The summed E-state index contributed by atoms with van der Waals surface area (Å²) in [6, 6.07) is 9.55. The number of carbonyl (C=O) groups excluding carboxylic acids is 2. The summed E-state index contributed by atoms with van der Waals surface area (Å²) in [6.45, 7) is 2.05. The number of fused-ring (bicyclic) bond motifs is 1. The maximum atomic E-state index is 13.4. The van der Waals surface area contributed by atoms with E-state index in [0.29, 0.717) is 26.2 Å². The first kappa shape index (κ1) is 19.8. The molecule has 0 unspecified atom stereocenters. The molecule has 1 spiro atoms. The Morgan fingerprint density at radius 1 is 1.39 bits per heavy atom. The van der Waals surface area contributed by atoms with Gasteiger partial charge in [-0.2, -0.15) is 5.10 Å². The molecule has 1 aromatic heterocycles. The van der Waals surface area contributed by atoms with Gasteiger partial charge in [-0.3, -0.25) is 14.3 Å². The second kappa shape index (κ2) is 7.53. The lowest BCUT2D eigenvalue weighted by molar-refractivity contribution is -0.142.